The van der Waals surface area contributed by atoms with E-state index in [0.717, 1.165) is 0 Å². The molecule has 0 radical (unpaired) electrons. The van der Waals surface area contributed by atoms with Crippen LogP contribution in [0.25, 0.3) is 0 Å². The molecule has 0 spiro atoms. The number of rotatable bonds is 4. The van der Waals surface area contributed by atoms with Gasteiger partial charge in [0.1, 0.15) is 5.15 Å². The maximum Gasteiger partial charge on any atom is 0.170 e. The zero-order valence-electron chi connectivity index (χ0n) is 11.0. The van der Waals surface area contributed by atoms with Gasteiger partial charge in [-0.3, -0.25) is 0 Å². The molecule has 0 saturated heterocycles. The molecule has 104 valence electrons. The number of nitrogen functional groups attached to an aromatic ring is 1. The molecule has 0 aliphatic heterocycles. The molecular weight excluding hydrogens is 280 g/mol. The number of nitrogens with zero attached hydrogens (tertiary/aromatic N) is 3. The zero-order valence-corrected chi connectivity index (χ0v) is 11.8. The summed E-state index contributed by atoms with van der Waals surface area (Å²) in [6.45, 7) is 0. The van der Waals surface area contributed by atoms with Gasteiger partial charge in [-0.05, 0) is 6.07 Å². The van der Waals surface area contributed by atoms with Crippen LogP contribution in [-0.2, 0) is 0 Å². The third-order valence-electron chi connectivity index (χ3n) is 2.48. The monoisotopic (exact) mass is 292 g/mol. The van der Waals surface area contributed by atoms with Crippen molar-refractivity contribution in [3.05, 3.63) is 35.6 Å². The summed E-state index contributed by atoms with van der Waals surface area (Å²) < 4.78 is 10.5. The number of nitrogens with two attached hydrogens (primary N) is 1. The largest absolute Gasteiger partial charge is 0.494 e. The predicted molar refractivity (Wildman–Crippen MR) is 77.4 cm³/mol. The maximum atomic E-state index is 5.79. The van der Waals surface area contributed by atoms with Crippen LogP contribution in [0.3, 0.4) is 0 Å². The van der Waals surface area contributed by atoms with E-state index in [1.807, 2.05) is 0 Å². The molecule has 0 fully saturated rings. The van der Waals surface area contributed by atoms with Gasteiger partial charge in [-0.1, -0.05) is 11.6 Å². The van der Waals surface area contributed by atoms with Gasteiger partial charge < -0.3 is 15.2 Å². The first kappa shape index (κ1) is 14.1. The second-order valence-electron chi connectivity index (χ2n) is 3.81. The fourth-order valence-corrected chi connectivity index (χ4v) is 1.74. The summed E-state index contributed by atoms with van der Waals surface area (Å²) in [5.74, 6) is 0.955. The Morgan fingerprint density at radius 3 is 2.30 bits per heavy atom. The average molecular weight is 293 g/mol. The summed E-state index contributed by atoms with van der Waals surface area (Å²) in [4.78, 5) is 3.87. The number of ether oxygens (including phenoxy) is 2. The molecule has 1 heterocycles. The standard InChI is InChI=1S/C13H13ClN4O2/c1-19-10-5-8(15)6-11(20-2)13(10)18-17-9-3-4-16-12(14)7-9/h3-7H,15H2,1-2H3/b18-17+. The number of halogens is 1. The highest BCUT2D eigenvalue weighted by Gasteiger charge is 2.11. The van der Waals surface area contributed by atoms with E-state index in [2.05, 4.69) is 15.2 Å². The number of hydrogen-bond acceptors (Lipinski definition) is 6. The van der Waals surface area contributed by atoms with Crippen molar-refractivity contribution in [2.24, 2.45) is 10.2 Å². The molecule has 1 aromatic carbocycles. The molecule has 20 heavy (non-hydrogen) atoms. The van der Waals surface area contributed by atoms with Crippen molar-refractivity contribution in [1.29, 1.82) is 0 Å². The topological polar surface area (TPSA) is 82.1 Å². The molecule has 2 N–H and O–H groups in total. The van der Waals surface area contributed by atoms with E-state index < -0.39 is 0 Å². The van der Waals surface area contributed by atoms with Crippen molar-refractivity contribution in [2.75, 3.05) is 20.0 Å². The summed E-state index contributed by atoms with van der Waals surface area (Å²) in [6, 6.07) is 6.58. The Labute approximate surface area is 121 Å². The van der Waals surface area contributed by atoms with Crippen molar-refractivity contribution in [1.82, 2.24) is 4.98 Å². The Kier molecular flexibility index (Phi) is 4.37. The first-order chi connectivity index (χ1) is 9.63. The van der Waals surface area contributed by atoms with Crippen molar-refractivity contribution >= 4 is 28.7 Å². The number of azo groups is 1. The fraction of sp³-hybridized carbons (Fsp3) is 0.154. The minimum atomic E-state index is 0.345. The molecule has 0 atom stereocenters. The zero-order chi connectivity index (χ0) is 14.5. The van der Waals surface area contributed by atoms with Crippen LogP contribution < -0.4 is 15.2 Å². The molecule has 0 aliphatic rings. The van der Waals surface area contributed by atoms with Gasteiger partial charge in [0.2, 0.25) is 0 Å². The number of benzene rings is 1. The summed E-state index contributed by atoms with van der Waals surface area (Å²) >= 11 is 5.79. The van der Waals surface area contributed by atoms with Gasteiger partial charge >= 0.3 is 0 Å². The van der Waals surface area contributed by atoms with Gasteiger partial charge in [0.25, 0.3) is 0 Å². The third-order valence-corrected chi connectivity index (χ3v) is 2.68. The molecule has 0 unspecified atom stereocenters. The molecule has 6 nitrogen and oxygen atoms in total. The van der Waals surface area contributed by atoms with E-state index in [1.165, 1.54) is 14.2 Å². The first-order valence-corrected chi connectivity index (χ1v) is 6.06. The lowest BCUT2D eigenvalue weighted by molar-refractivity contribution is 0.397. The molecule has 0 amide bonds. The van der Waals surface area contributed by atoms with Crippen molar-refractivity contribution in [3.8, 4) is 11.5 Å². The molecule has 0 bridgehead atoms. The van der Waals surface area contributed by atoms with Gasteiger partial charge in [0, 0.05) is 30.1 Å². The number of pyridine rings is 1. The van der Waals surface area contributed by atoms with Crippen molar-refractivity contribution < 1.29 is 9.47 Å². The lowest BCUT2D eigenvalue weighted by Crippen LogP contribution is -1.92. The minimum Gasteiger partial charge on any atom is -0.494 e. The lowest BCUT2D eigenvalue weighted by Gasteiger charge is -2.09. The number of methoxy groups -OCH3 is 2. The fourth-order valence-electron chi connectivity index (χ4n) is 1.57. The van der Waals surface area contributed by atoms with Crippen LogP contribution in [0.2, 0.25) is 5.15 Å². The molecule has 2 aromatic rings. The molecule has 0 aliphatic carbocycles. The minimum absolute atomic E-state index is 0.345. The van der Waals surface area contributed by atoms with Crippen LogP contribution >= 0.6 is 11.6 Å². The smallest absolute Gasteiger partial charge is 0.170 e. The molecular formula is C13H13ClN4O2. The highest BCUT2D eigenvalue weighted by atomic mass is 35.5. The van der Waals surface area contributed by atoms with Gasteiger partial charge in [-0.25, -0.2) is 4.98 Å². The molecule has 1 aromatic heterocycles. The van der Waals surface area contributed by atoms with E-state index in [0.29, 0.717) is 33.7 Å². The Morgan fingerprint density at radius 2 is 1.75 bits per heavy atom. The maximum absolute atomic E-state index is 5.79. The van der Waals surface area contributed by atoms with Gasteiger partial charge in [-0.15, -0.1) is 5.11 Å². The average Bonchev–Trinajstić information content (AvgIpc) is 2.45. The highest BCUT2D eigenvalue weighted by Crippen LogP contribution is 2.40. The van der Waals surface area contributed by atoms with Gasteiger partial charge in [0.05, 0.1) is 19.9 Å². The lowest BCUT2D eigenvalue weighted by atomic mass is 10.2. The predicted octanol–water partition coefficient (Wildman–Crippen LogP) is 3.75. The first-order valence-electron chi connectivity index (χ1n) is 5.69. The molecule has 7 heteroatoms. The second-order valence-corrected chi connectivity index (χ2v) is 4.20. The summed E-state index contributed by atoms with van der Waals surface area (Å²) in [7, 11) is 3.05. The normalized spacial score (nSPS) is 10.8. The van der Waals surface area contributed by atoms with Crippen LogP contribution in [0.15, 0.2) is 40.7 Å². The highest BCUT2D eigenvalue weighted by molar-refractivity contribution is 6.29. The van der Waals surface area contributed by atoms with E-state index in [-0.39, 0.29) is 0 Å². The Bertz CT molecular complexity index is 621. The van der Waals surface area contributed by atoms with Crippen molar-refractivity contribution in [2.45, 2.75) is 0 Å². The summed E-state index contributed by atoms with van der Waals surface area (Å²) in [5.41, 5.74) is 7.30. The molecule has 2 rings (SSSR count). The van der Waals surface area contributed by atoms with E-state index in [1.54, 1.807) is 30.5 Å². The number of anilines is 1. The Morgan fingerprint density at radius 1 is 1.10 bits per heavy atom. The van der Waals surface area contributed by atoms with E-state index in [9.17, 15) is 0 Å². The molecule has 0 saturated carbocycles. The van der Waals surface area contributed by atoms with Crippen LogP contribution in [0.4, 0.5) is 17.1 Å². The van der Waals surface area contributed by atoms with Crippen LogP contribution in [0.1, 0.15) is 0 Å². The van der Waals surface area contributed by atoms with Crippen LogP contribution in [0, 0.1) is 0 Å². The SMILES string of the molecule is COc1cc(N)cc(OC)c1/N=N/c1ccnc(Cl)c1. The summed E-state index contributed by atoms with van der Waals surface area (Å²) in [5, 5.41) is 8.56. The third kappa shape index (κ3) is 3.16. The Balaban J connectivity index is 2.42. The second kappa shape index (κ2) is 6.21. The quantitative estimate of drug-likeness (QED) is 0.528. The summed E-state index contributed by atoms with van der Waals surface area (Å²) in [6.07, 6.45) is 1.55. The Hall–Kier alpha value is -2.34. The van der Waals surface area contributed by atoms with Gasteiger partial charge in [-0.2, -0.15) is 5.11 Å². The van der Waals surface area contributed by atoms with Gasteiger partial charge in [0.15, 0.2) is 17.2 Å². The van der Waals surface area contributed by atoms with Crippen LogP contribution in [0.5, 0.6) is 11.5 Å². The van der Waals surface area contributed by atoms with E-state index in [4.69, 9.17) is 26.8 Å². The van der Waals surface area contributed by atoms with Crippen LogP contribution in [-0.4, -0.2) is 19.2 Å². The number of hydrogen-bond donors (Lipinski definition) is 1. The number of aromatic nitrogens is 1. The van der Waals surface area contributed by atoms with E-state index >= 15 is 0 Å². The van der Waals surface area contributed by atoms with Crippen molar-refractivity contribution in [3.63, 3.8) is 0 Å².